The van der Waals surface area contributed by atoms with E-state index >= 15 is 0 Å². The summed E-state index contributed by atoms with van der Waals surface area (Å²) in [6.45, 7) is -0.581. The van der Waals surface area contributed by atoms with Crippen LogP contribution in [0.25, 0.3) is 0 Å². The van der Waals surface area contributed by atoms with Crippen LogP contribution < -0.4 is 10.6 Å². The number of methoxy groups -OCH3 is 1. The number of benzene rings is 2. The molecular formula is C19H16F3N3O5. The minimum atomic E-state index is -4.54. The number of esters is 1. The minimum absolute atomic E-state index is 0.0848. The Hall–Kier alpha value is -3.89. The molecule has 0 bridgehead atoms. The van der Waals surface area contributed by atoms with Crippen LogP contribution in [0, 0.1) is 0 Å². The lowest BCUT2D eigenvalue weighted by molar-refractivity contribution is -0.137. The van der Waals surface area contributed by atoms with Gasteiger partial charge in [-0.05, 0) is 30.3 Å². The summed E-state index contributed by atoms with van der Waals surface area (Å²) in [5.41, 5.74) is -0.669. The molecule has 30 heavy (non-hydrogen) atoms. The Morgan fingerprint density at radius 2 is 1.80 bits per heavy atom. The molecular weight excluding hydrogens is 407 g/mol. The first-order chi connectivity index (χ1) is 14.2. The van der Waals surface area contributed by atoms with Crippen molar-refractivity contribution in [3.05, 3.63) is 59.7 Å². The number of carbonyl (C=O) groups excluding carboxylic acids is 3. The number of nitrogens with one attached hydrogen (secondary N) is 2. The highest BCUT2D eigenvalue weighted by Gasteiger charge is 2.30. The van der Waals surface area contributed by atoms with Gasteiger partial charge in [-0.25, -0.2) is 4.79 Å². The van der Waals surface area contributed by atoms with Gasteiger partial charge in [-0.1, -0.05) is 23.4 Å². The van der Waals surface area contributed by atoms with E-state index in [4.69, 9.17) is 0 Å². The maximum absolute atomic E-state index is 12.7. The van der Waals surface area contributed by atoms with E-state index in [0.717, 1.165) is 18.2 Å². The zero-order valence-electron chi connectivity index (χ0n) is 15.5. The molecule has 2 N–H and O–H groups in total. The number of ether oxygens (including phenoxy) is 1. The maximum Gasteiger partial charge on any atom is 0.416 e. The van der Waals surface area contributed by atoms with Crippen LogP contribution in [-0.4, -0.2) is 37.7 Å². The number of oxime groups is 1. The second-order valence-electron chi connectivity index (χ2n) is 5.66. The van der Waals surface area contributed by atoms with Crippen LogP contribution in [0.15, 0.2) is 53.7 Å². The lowest BCUT2D eigenvalue weighted by Crippen LogP contribution is -2.19. The Kier molecular flexibility index (Phi) is 7.50. The Morgan fingerprint density at radius 1 is 1.07 bits per heavy atom. The second-order valence-corrected chi connectivity index (χ2v) is 5.66. The van der Waals surface area contributed by atoms with Crippen molar-refractivity contribution < 1.29 is 37.1 Å². The van der Waals surface area contributed by atoms with E-state index in [1.807, 2.05) is 0 Å². The molecule has 2 rings (SSSR count). The average Bonchev–Trinajstić information content (AvgIpc) is 2.70. The third kappa shape index (κ3) is 6.62. The summed E-state index contributed by atoms with van der Waals surface area (Å²) in [5.74, 6) is -2.16. The molecule has 2 amide bonds. The fourth-order valence-electron chi connectivity index (χ4n) is 2.20. The van der Waals surface area contributed by atoms with Crippen molar-refractivity contribution >= 4 is 35.4 Å². The smallest absolute Gasteiger partial charge is 0.416 e. The number of rotatable bonds is 7. The number of anilines is 2. The van der Waals surface area contributed by atoms with Crippen LogP contribution in [0.3, 0.4) is 0 Å². The van der Waals surface area contributed by atoms with E-state index in [1.165, 1.54) is 25.3 Å². The van der Waals surface area contributed by atoms with Gasteiger partial charge in [-0.2, -0.15) is 13.2 Å². The molecule has 0 atom stereocenters. The first kappa shape index (κ1) is 22.4. The van der Waals surface area contributed by atoms with Gasteiger partial charge in [0.15, 0.2) is 6.61 Å². The molecule has 2 aromatic carbocycles. The van der Waals surface area contributed by atoms with Gasteiger partial charge in [-0.3, -0.25) is 9.59 Å². The third-order valence-corrected chi connectivity index (χ3v) is 3.50. The van der Waals surface area contributed by atoms with Crippen molar-refractivity contribution in [3.8, 4) is 0 Å². The van der Waals surface area contributed by atoms with Gasteiger partial charge in [0, 0.05) is 5.69 Å². The molecule has 0 aliphatic rings. The van der Waals surface area contributed by atoms with Crippen molar-refractivity contribution in [2.75, 3.05) is 24.4 Å². The van der Waals surface area contributed by atoms with Gasteiger partial charge in [0.05, 0.1) is 23.9 Å². The molecule has 0 heterocycles. The van der Waals surface area contributed by atoms with Crippen LogP contribution in [-0.2, 0) is 25.3 Å². The molecule has 0 fully saturated rings. The number of para-hydroxylation sites is 1. The maximum atomic E-state index is 12.7. The topological polar surface area (TPSA) is 106 Å². The van der Waals surface area contributed by atoms with Crippen LogP contribution >= 0.6 is 0 Å². The third-order valence-electron chi connectivity index (χ3n) is 3.50. The number of halogens is 3. The van der Waals surface area contributed by atoms with Gasteiger partial charge in [0.1, 0.15) is 6.21 Å². The molecule has 0 aliphatic heterocycles. The fraction of sp³-hybridized carbons (Fsp3) is 0.158. The standard InChI is InChI=1S/C19H16F3N3O5/c1-29-18(28)14-7-2-3-8-15(14)25-17(27)11-30-23-10-16(26)24-13-6-4-5-12(9-13)19(20,21)22/h2-10H,11H2,1H3,(H,24,26)(H,25,27)/b23-10+. The predicted molar refractivity (Wildman–Crippen MR) is 101 cm³/mol. The van der Waals surface area contributed by atoms with E-state index in [0.29, 0.717) is 6.21 Å². The molecule has 0 aliphatic carbocycles. The molecule has 0 saturated carbocycles. The number of nitrogens with zero attached hydrogens (tertiary/aromatic N) is 1. The number of hydrogen-bond donors (Lipinski definition) is 2. The molecule has 11 heteroatoms. The summed E-state index contributed by atoms with van der Waals surface area (Å²) in [6.07, 6.45) is -3.88. The van der Waals surface area contributed by atoms with Crippen LogP contribution in [0.2, 0.25) is 0 Å². The number of alkyl halides is 3. The van der Waals surface area contributed by atoms with E-state index in [-0.39, 0.29) is 16.9 Å². The molecule has 0 unspecified atom stereocenters. The van der Waals surface area contributed by atoms with E-state index < -0.39 is 36.1 Å². The highest BCUT2D eigenvalue weighted by Crippen LogP contribution is 2.30. The molecule has 0 radical (unpaired) electrons. The van der Waals surface area contributed by atoms with Crippen molar-refractivity contribution in [1.82, 2.24) is 0 Å². The van der Waals surface area contributed by atoms with E-state index in [2.05, 4.69) is 25.4 Å². The van der Waals surface area contributed by atoms with Gasteiger partial charge >= 0.3 is 12.1 Å². The first-order valence-electron chi connectivity index (χ1n) is 8.31. The summed E-state index contributed by atoms with van der Waals surface area (Å²) in [5, 5.41) is 7.90. The Balaban J connectivity index is 1.85. The van der Waals surface area contributed by atoms with Gasteiger partial charge in [0.25, 0.3) is 11.8 Å². The zero-order chi connectivity index (χ0) is 22.1. The van der Waals surface area contributed by atoms with Crippen molar-refractivity contribution in [1.29, 1.82) is 0 Å². The van der Waals surface area contributed by atoms with Crippen molar-refractivity contribution in [2.24, 2.45) is 5.16 Å². The summed E-state index contributed by atoms with van der Waals surface area (Å²) in [7, 11) is 1.20. The van der Waals surface area contributed by atoms with Crippen LogP contribution in [0.4, 0.5) is 24.5 Å². The summed E-state index contributed by atoms with van der Waals surface area (Å²) < 4.78 is 42.6. The monoisotopic (exact) mass is 423 g/mol. The molecule has 0 aromatic heterocycles. The number of hydrogen-bond acceptors (Lipinski definition) is 6. The predicted octanol–water partition coefficient (Wildman–Crippen LogP) is 3.07. The van der Waals surface area contributed by atoms with Gasteiger partial charge in [-0.15, -0.1) is 0 Å². The van der Waals surface area contributed by atoms with Gasteiger partial charge in [0.2, 0.25) is 0 Å². The molecule has 2 aromatic rings. The Bertz CT molecular complexity index is 960. The largest absolute Gasteiger partial charge is 0.465 e. The lowest BCUT2D eigenvalue weighted by Gasteiger charge is -2.09. The van der Waals surface area contributed by atoms with E-state index in [1.54, 1.807) is 12.1 Å². The van der Waals surface area contributed by atoms with Crippen molar-refractivity contribution in [3.63, 3.8) is 0 Å². The first-order valence-corrected chi connectivity index (χ1v) is 8.31. The lowest BCUT2D eigenvalue weighted by atomic mass is 10.2. The molecule has 8 nitrogen and oxygen atoms in total. The number of carbonyl (C=O) groups is 3. The van der Waals surface area contributed by atoms with Crippen LogP contribution in [0.5, 0.6) is 0 Å². The minimum Gasteiger partial charge on any atom is -0.465 e. The number of amides is 2. The quantitative estimate of drug-likeness (QED) is 0.405. The highest BCUT2D eigenvalue weighted by molar-refractivity contribution is 6.31. The van der Waals surface area contributed by atoms with E-state index in [9.17, 15) is 27.6 Å². The molecule has 158 valence electrons. The normalized spacial score (nSPS) is 11.1. The molecule has 0 saturated heterocycles. The Morgan fingerprint density at radius 3 is 2.50 bits per heavy atom. The SMILES string of the molecule is COC(=O)c1ccccc1NC(=O)CO/N=C/C(=O)Nc1cccc(C(F)(F)F)c1. The van der Waals surface area contributed by atoms with Gasteiger partial charge < -0.3 is 20.2 Å². The molecule has 0 spiro atoms. The van der Waals surface area contributed by atoms with Crippen molar-refractivity contribution in [2.45, 2.75) is 6.18 Å². The second kappa shape index (κ2) is 10.0. The average molecular weight is 423 g/mol. The van der Waals surface area contributed by atoms with Crippen LogP contribution in [0.1, 0.15) is 15.9 Å². The fourth-order valence-corrected chi connectivity index (χ4v) is 2.20. The summed E-state index contributed by atoms with van der Waals surface area (Å²) >= 11 is 0. The Labute approximate surface area is 168 Å². The summed E-state index contributed by atoms with van der Waals surface area (Å²) in [4.78, 5) is 39.9. The zero-order valence-corrected chi connectivity index (χ0v) is 15.5. The highest BCUT2D eigenvalue weighted by atomic mass is 19.4. The summed E-state index contributed by atoms with van der Waals surface area (Å²) in [6, 6.07) is 10.2.